The van der Waals surface area contributed by atoms with Crippen molar-refractivity contribution in [1.29, 1.82) is 0 Å². The third-order valence-electron chi connectivity index (χ3n) is 4.80. The molecule has 2 aromatic rings. The van der Waals surface area contributed by atoms with Crippen LogP contribution in [0.25, 0.3) is 0 Å². The van der Waals surface area contributed by atoms with Crippen molar-refractivity contribution in [3.63, 3.8) is 0 Å². The SMILES string of the molecule is CC[C@@H](C)CNC(=O)c1n[nH]c2c1CN(C(=O)c1sccc1C)CC2. The molecule has 134 valence electrons. The first-order valence-electron chi connectivity index (χ1n) is 8.68. The molecule has 0 unspecified atom stereocenters. The number of hydrogen-bond donors (Lipinski definition) is 2. The highest BCUT2D eigenvalue weighted by Crippen LogP contribution is 2.24. The van der Waals surface area contributed by atoms with E-state index in [9.17, 15) is 9.59 Å². The van der Waals surface area contributed by atoms with Crippen molar-refractivity contribution in [2.45, 2.75) is 40.2 Å². The molecule has 1 atom stereocenters. The van der Waals surface area contributed by atoms with Gasteiger partial charge in [0.15, 0.2) is 5.69 Å². The summed E-state index contributed by atoms with van der Waals surface area (Å²) in [5, 5.41) is 12.0. The second kappa shape index (κ2) is 7.39. The number of thiophene rings is 1. The Hall–Kier alpha value is -2.15. The van der Waals surface area contributed by atoms with Gasteiger partial charge in [-0.25, -0.2) is 0 Å². The Balaban J connectivity index is 1.74. The van der Waals surface area contributed by atoms with Gasteiger partial charge in [0.05, 0.1) is 11.4 Å². The Morgan fingerprint density at radius 3 is 2.96 bits per heavy atom. The van der Waals surface area contributed by atoms with Crippen LogP contribution in [-0.4, -0.2) is 40.0 Å². The van der Waals surface area contributed by atoms with Gasteiger partial charge in [0.2, 0.25) is 0 Å². The maximum Gasteiger partial charge on any atom is 0.272 e. The Labute approximate surface area is 151 Å². The molecule has 0 aliphatic carbocycles. The largest absolute Gasteiger partial charge is 0.350 e. The number of aromatic nitrogens is 2. The first kappa shape index (κ1) is 17.7. The number of fused-ring (bicyclic) bond motifs is 1. The van der Waals surface area contributed by atoms with Crippen LogP contribution in [-0.2, 0) is 13.0 Å². The zero-order chi connectivity index (χ0) is 18.0. The molecule has 3 rings (SSSR count). The van der Waals surface area contributed by atoms with E-state index in [-0.39, 0.29) is 11.8 Å². The predicted octanol–water partition coefficient (Wildman–Crippen LogP) is 2.75. The van der Waals surface area contributed by atoms with Crippen molar-refractivity contribution < 1.29 is 9.59 Å². The zero-order valence-electron chi connectivity index (χ0n) is 14.9. The number of rotatable bonds is 5. The molecule has 1 aliphatic rings. The van der Waals surface area contributed by atoms with E-state index in [4.69, 9.17) is 0 Å². The molecule has 0 saturated carbocycles. The topological polar surface area (TPSA) is 78.1 Å². The molecule has 2 amide bonds. The third-order valence-corrected chi connectivity index (χ3v) is 5.80. The number of hydrogen-bond acceptors (Lipinski definition) is 4. The number of carbonyl (C=O) groups is 2. The van der Waals surface area contributed by atoms with E-state index in [1.165, 1.54) is 11.3 Å². The van der Waals surface area contributed by atoms with Crippen LogP contribution in [0, 0.1) is 12.8 Å². The number of aromatic amines is 1. The number of aryl methyl sites for hydroxylation is 1. The van der Waals surface area contributed by atoms with E-state index < -0.39 is 0 Å². The Morgan fingerprint density at radius 2 is 2.28 bits per heavy atom. The number of nitrogens with one attached hydrogen (secondary N) is 2. The molecule has 3 heterocycles. The van der Waals surface area contributed by atoms with Crippen molar-refractivity contribution in [2.24, 2.45) is 5.92 Å². The Kier molecular flexibility index (Phi) is 5.22. The second-order valence-electron chi connectivity index (χ2n) is 6.66. The molecule has 0 bridgehead atoms. The van der Waals surface area contributed by atoms with E-state index in [0.29, 0.717) is 37.7 Å². The molecule has 0 fully saturated rings. The van der Waals surface area contributed by atoms with E-state index >= 15 is 0 Å². The molecule has 0 radical (unpaired) electrons. The standard InChI is InChI=1S/C18H24N4O2S/c1-4-11(2)9-19-17(23)15-13-10-22(7-5-14(13)20-21-15)18(24)16-12(3)6-8-25-16/h6,8,11H,4-5,7,9-10H2,1-3H3,(H,19,23)(H,20,21)/t11-/m1/s1. The summed E-state index contributed by atoms with van der Waals surface area (Å²) in [5.41, 5.74) is 3.22. The molecule has 0 aromatic carbocycles. The number of nitrogens with zero attached hydrogens (tertiary/aromatic N) is 2. The van der Waals surface area contributed by atoms with Crippen molar-refractivity contribution in [3.05, 3.63) is 38.8 Å². The zero-order valence-corrected chi connectivity index (χ0v) is 15.7. The van der Waals surface area contributed by atoms with Gasteiger partial charge >= 0.3 is 0 Å². The van der Waals surface area contributed by atoms with Crippen LogP contribution in [0.2, 0.25) is 0 Å². The van der Waals surface area contributed by atoms with E-state index in [0.717, 1.165) is 28.1 Å². The molecule has 6 nitrogen and oxygen atoms in total. The first-order chi connectivity index (χ1) is 12.0. The van der Waals surface area contributed by atoms with Crippen molar-refractivity contribution >= 4 is 23.2 Å². The summed E-state index contributed by atoms with van der Waals surface area (Å²) in [7, 11) is 0. The number of H-pyrrole nitrogens is 1. The normalized spacial score (nSPS) is 14.9. The maximum atomic E-state index is 12.8. The number of amides is 2. The van der Waals surface area contributed by atoms with Crippen LogP contribution >= 0.6 is 11.3 Å². The smallest absolute Gasteiger partial charge is 0.272 e. The molecule has 0 spiro atoms. The Bertz CT molecular complexity index is 780. The monoisotopic (exact) mass is 360 g/mol. The van der Waals surface area contributed by atoms with Crippen molar-refractivity contribution in [2.75, 3.05) is 13.1 Å². The fourth-order valence-corrected chi connectivity index (χ4v) is 3.78. The van der Waals surface area contributed by atoms with Crippen LogP contribution in [0.4, 0.5) is 0 Å². The Morgan fingerprint density at radius 1 is 1.48 bits per heavy atom. The van der Waals surface area contributed by atoms with Crippen LogP contribution in [0.5, 0.6) is 0 Å². The molecule has 1 aliphatic heterocycles. The average molecular weight is 360 g/mol. The van der Waals surface area contributed by atoms with Gasteiger partial charge in [-0.15, -0.1) is 11.3 Å². The lowest BCUT2D eigenvalue weighted by atomic mass is 10.0. The van der Waals surface area contributed by atoms with E-state index in [2.05, 4.69) is 29.4 Å². The molecule has 2 aromatic heterocycles. The minimum absolute atomic E-state index is 0.0327. The molecule has 2 N–H and O–H groups in total. The van der Waals surface area contributed by atoms with Crippen LogP contribution in [0.3, 0.4) is 0 Å². The summed E-state index contributed by atoms with van der Waals surface area (Å²) in [6.45, 7) is 7.85. The van der Waals surface area contributed by atoms with Crippen molar-refractivity contribution in [3.8, 4) is 0 Å². The second-order valence-corrected chi connectivity index (χ2v) is 7.58. The molecule has 0 saturated heterocycles. The van der Waals surface area contributed by atoms with Crippen LogP contribution in [0.15, 0.2) is 11.4 Å². The van der Waals surface area contributed by atoms with Gasteiger partial charge in [0, 0.05) is 30.8 Å². The van der Waals surface area contributed by atoms with Crippen LogP contribution in [0.1, 0.15) is 57.2 Å². The lowest BCUT2D eigenvalue weighted by molar-refractivity contribution is 0.0735. The predicted molar refractivity (Wildman–Crippen MR) is 97.9 cm³/mol. The van der Waals surface area contributed by atoms with Gasteiger partial charge in [0.25, 0.3) is 11.8 Å². The van der Waals surface area contributed by atoms with Gasteiger partial charge in [-0.2, -0.15) is 5.10 Å². The minimum atomic E-state index is -0.167. The summed E-state index contributed by atoms with van der Waals surface area (Å²) >= 11 is 1.47. The minimum Gasteiger partial charge on any atom is -0.350 e. The highest BCUT2D eigenvalue weighted by atomic mass is 32.1. The van der Waals surface area contributed by atoms with Gasteiger partial charge in [-0.1, -0.05) is 20.3 Å². The van der Waals surface area contributed by atoms with Crippen molar-refractivity contribution in [1.82, 2.24) is 20.4 Å². The van der Waals surface area contributed by atoms with Gasteiger partial charge in [-0.3, -0.25) is 14.7 Å². The van der Waals surface area contributed by atoms with Gasteiger partial charge < -0.3 is 10.2 Å². The number of carbonyl (C=O) groups excluding carboxylic acids is 2. The fraction of sp³-hybridized carbons (Fsp3) is 0.500. The third kappa shape index (κ3) is 3.61. The lowest BCUT2D eigenvalue weighted by Gasteiger charge is -2.27. The highest BCUT2D eigenvalue weighted by Gasteiger charge is 2.29. The molecule has 7 heteroatoms. The van der Waals surface area contributed by atoms with E-state index in [1.807, 2.05) is 23.3 Å². The fourth-order valence-electron chi connectivity index (χ4n) is 2.89. The quantitative estimate of drug-likeness (QED) is 0.861. The lowest BCUT2D eigenvalue weighted by Crippen LogP contribution is -2.37. The maximum absolute atomic E-state index is 12.8. The molecular formula is C18H24N4O2S. The summed E-state index contributed by atoms with van der Waals surface area (Å²) < 4.78 is 0. The summed E-state index contributed by atoms with van der Waals surface area (Å²) in [5.74, 6) is 0.295. The molecular weight excluding hydrogens is 336 g/mol. The average Bonchev–Trinajstić information content (AvgIpc) is 3.24. The van der Waals surface area contributed by atoms with Gasteiger partial charge in [0.1, 0.15) is 0 Å². The van der Waals surface area contributed by atoms with Crippen LogP contribution < -0.4 is 5.32 Å². The van der Waals surface area contributed by atoms with E-state index in [1.54, 1.807) is 0 Å². The first-order valence-corrected chi connectivity index (χ1v) is 9.56. The molecule has 25 heavy (non-hydrogen) atoms. The summed E-state index contributed by atoms with van der Waals surface area (Å²) in [4.78, 5) is 27.8. The highest BCUT2D eigenvalue weighted by molar-refractivity contribution is 7.12. The van der Waals surface area contributed by atoms with Gasteiger partial charge in [-0.05, 0) is 29.9 Å². The summed E-state index contributed by atoms with van der Waals surface area (Å²) in [6.07, 6.45) is 1.71. The summed E-state index contributed by atoms with van der Waals surface area (Å²) in [6, 6.07) is 1.96.